The van der Waals surface area contributed by atoms with Crippen LogP contribution in [0.3, 0.4) is 0 Å². The maximum absolute atomic E-state index is 10.6. The number of nitrogens with one attached hydrogen (secondary N) is 1. The lowest BCUT2D eigenvalue weighted by molar-refractivity contribution is -0.110. The number of benzene rings is 2. The standard InChI is InChI=1S/C16H13Cl4NO2/c17-11-2-1-10(14(19)5-11)8-23-16(7-21-9-22)13-4-3-12(18)6-15(13)20/h1-6,9,16H,7-8H2,(H,21,22). The van der Waals surface area contributed by atoms with Gasteiger partial charge in [-0.1, -0.05) is 58.5 Å². The minimum atomic E-state index is -0.434. The van der Waals surface area contributed by atoms with Crippen molar-refractivity contribution in [2.24, 2.45) is 0 Å². The molecule has 0 saturated heterocycles. The summed E-state index contributed by atoms with van der Waals surface area (Å²) in [4.78, 5) is 10.6. The van der Waals surface area contributed by atoms with E-state index in [1.165, 1.54) is 0 Å². The second-order valence-corrected chi connectivity index (χ2v) is 6.41. The van der Waals surface area contributed by atoms with Gasteiger partial charge in [0, 0.05) is 32.2 Å². The van der Waals surface area contributed by atoms with Crippen molar-refractivity contribution in [1.82, 2.24) is 5.32 Å². The van der Waals surface area contributed by atoms with Crippen molar-refractivity contribution in [3.05, 3.63) is 67.6 Å². The summed E-state index contributed by atoms with van der Waals surface area (Å²) in [7, 11) is 0. The van der Waals surface area contributed by atoms with Crippen LogP contribution in [0.15, 0.2) is 36.4 Å². The van der Waals surface area contributed by atoms with E-state index in [-0.39, 0.29) is 13.2 Å². The zero-order chi connectivity index (χ0) is 16.8. The van der Waals surface area contributed by atoms with Gasteiger partial charge in [0.2, 0.25) is 6.41 Å². The fourth-order valence-electron chi connectivity index (χ4n) is 2.01. The van der Waals surface area contributed by atoms with E-state index in [2.05, 4.69) is 5.32 Å². The Kier molecular flexibility index (Phi) is 7.00. The fraction of sp³-hybridized carbons (Fsp3) is 0.188. The molecule has 0 aliphatic rings. The summed E-state index contributed by atoms with van der Waals surface area (Å²) < 4.78 is 5.88. The van der Waals surface area contributed by atoms with Crippen molar-refractivity contribution in [2.75, 3.05) is 6.54 Å². The van der Waals surface area contributed by atoms with Gasteiger partial charge in [0.25, 0.3) is 0 Å². The van der Waals surface area contributed by atoms with Gasteiger partial charge in [0.05, 0.1) is 6.61 Å². The third kappa shape index (κ3) is 5.27. The summed E-state index contributed by atoms with van der Waals surface area (Å²) in [6.07, 6.45) is 0.173. The molecule has 1 atom stereocenters. The molecular weight excluding hydrogens is 380 g/mol. The van der Waals surface area contributed by atoms with Gasteiger partial charge in [0.1, 0.15) is 6.10 Å². The average Bonchev–Trinajstić information content (AvgIpc) is 2.50. The molecule has 0 radical (unpaired) electrons. The van der Waals surface area contributed by atoms with Crippen LogP contribution in [0.25, 0.3) is 0 Å². The second kappa shape index (κ2) is 8.76. The minimum Gasteiger partial charge on any atom is -0.367 e. The first-order valence-electron chi connectivity index (χ1n) is 6.68. The number of hydrogen-bond acceptors (Lipinski definition) is 2. The number of amides is 1. The molecule has 0 aliphatic carbocycles. The van der Waals surface area contributed by atoms with Crippen molar-refractivity contribution >= 4 is 52.8 Å². The van der Waals surface area contributed by atoms with E-state index in [1.54, 1.807) is 36.4 Å². The first-order chi connectivity index (χ1) is 11.0. The van der Waals surface area contributed by atoms with Crippen molar-refractivity contribution in [2.45, 2.75) is 12.7 Å². The normalized spacial score (nSPS) is 12.0. The molecule has 2 aromatic carbocycles. The van der Waals surface area contributed by atoms with Gasteiger partial charge in [-0.2, -0.15) is 0 Å². The molecular formula is C16H13Cl4NO2. The van der Waals surface area contributed by atoms with Gasteiger partial charge in [-0.25, -0.2) is 0 Å². The minimum absolute atomic E-state index is 0.250. The highest BCUT2D eigenvalue weighted by atomic mass is 35.5. The third-order valence-corrected chi connectivity index (χ3v) is 4.30. The number of hydrogen-bond donors (Lipinski definition) is 1. The molecule has 0 saturated carbocycles. The Morgan fingerprint density at radius 2 is 1.65 bits per heavy atom. The number of rotatable bonds is 7. The Labute approximate surface area is 154 Å². The van der Waals surface area contributed by atoms with Gasteiger partial charge in [0.15, 0.2) is 0 Å². The molecule has 7 heteroatoms. The van der Waals surface area contributed by atoms with Crippen LogP contribution in [0, 0.1) is 0 Å². The van der Waals surface area contributed by atoms with Crippen LogP contribution >= 0.6 is 46.4 Å². The maximum atomic E-state index is 10.6. The predicted octanol–water partition coefficient (Wildman–Crippen LogP) is 5.30. The molecule has 1 unspecified atom stereocenters. The van der Waals surface area contributed by atoms with Gasteiger partial charge in [-0.05, 0) is 29.8 Å². The SMILES string of the molecule is O=CNCC(OCc1ccc(Cl)cc1Cl)c1ccc(Cl)cc1Cl. The lowest BCUT2D eigenvalue weighted by Crippen LogP contribution is -2.22. The Bertz CT molecular complexity index is 694. The highest BCUT2D eigenvalue weighted by Crippen LogP contribution is 2.30. The van der Waals surface area contributed by atoms with E-state index in [1.807, 2.05) is 0 Å². The van der Waals surface area contributed by atoms with Crippen LogP contribution in [-0.4, -0.2) is 13.0 Å². The monoisotopic (exact) mass is 391 g/mol. The van der Waals surface area contributed by atoms with E-state index in [9.17, 15) is 4.79 Å². The largest absolute Gasteiger partial charge is 0.367 e. The Hall–Kier alpha value is -0.970. The van der Waals surface area contributed by atoms with Crippen LogP contribution in [0.5, 0.6) is 0 Å². The van der Waals surface area contributed by atoms with Gasteiger partial charge in [-0.15, -0.1) is 0 Å². The third-order valence-electron chi connectivity index (χ3n) is 3.15. The van der Waals surface area contributed by atoms with E-state index < -0.39 is 6.10 Å². The topological polar surface area (TPSA) is 38.3 Å². The van der Waals surface area contributed by atoms with Gasteiger partial charge in [-0.3, -0.25) is 4.79 Å². The van der Waals surface area contributed by atoms with Crippen molar-refractivity contribution in [1.29, 1.82) is 0 Å². The number of carbonyl (C=O) groups excluding carboxylic acids is 1. The molecule has 1 amide bonds. The molecule has 1 N–H and O–H groups in total. The summed E-state index contributed by atoms with van der Waals surface area (Å²) in [5.41, 5.74) is 1.52. The predicted molar refractivity (Wildman–Crippen MR) is 94.5 cm³/mol. The van der Waals surface area contributed by atoms with Crippen molar-refractivity contribution in [3.63, 3.8) is 0 Å². The molecule has 0 spiro atoms. The fourth-order valence-corrected chi connectivity index (χ4v) is 3.00. The van der Waals surface area contributed by atoms with Crippen LogP contribution < -0.4 is 5.32 Å². The van der Waals surface area contributed by atoms with E-state index >= 15 is 0 Å². The van der Waals surface area contributed by atoms with Crippen molar-refractivity contribution < 1.29 is 9.53 Å². The number of ether oxygens (including phenoxy) is 1. The zero-order valence-electron chi connectivity index (χ0n) is 11.9. The van der Waals surface area contributed by atoms with Crippen LogP contribution in [0.4, 0.5) is 0 Å². The molecule has 0 aromatic heterocycles. The molecule has 2 rings (SSSR count). The molecule has 0 aliphatic heterocycles. The number of halogens is 4. The molecule has 0 fully saturated rings. The molecule has 23 heavy (non-hydrogen) atoms. The molecule has 2 aromatic rings. The lowest BCUT2D eigenvalue weighted by Gasteiger charge is -2.20. The van der Waals surface area contributed by atoms with Crippen LogP contribution in [0.2, 0.25) is 20.1 Å². The van der Waals surface area contributed by atoms with E-state index in [4.69, 9.17) is 51.1 Å². The first kappa shape index (κ1) is 18.4. The van der Waals surface area contributed by atoms with E-state index in [0.717, 1.165) is 11.1 Å². The molecule has 122 valence electrons. The van der Waals surface area contributed by atoms with Gasteiger partial charge >= 0.3 is 0 Å². The molecule has 0 bridgehead atoms. The number of carbonyl (C=O) groups is 1. The maximum Gasteiger partial charge on any atom is 0.207 e. The Morgan fingerprint density at radius 1 is 1.00 bits per heavy atom. The van der Waals surface area contributed by atoms with Crippen LogP contribution in [0.1, 0.15) is 17.2 Å². The van der Waals surface area contributed by atoms with Crippen molar-refractivity contribution in [3.8, 4) is 0 Å². The van der Waals surface area contributed by atoms with E-state index in [0.29, 0.717) is 26.5 Å². The smallest absolute Gasteiger partial charge is 0.207 e. The molecule has 3 nitrogen and oxygen atoms in total. The zero-order valence-corrected chi connectivity index (χ0v) is 14.9. The Balaban J connectivity index is 2.16. The Morgan fingerprint density at radius 3 is 2.26 bits per heavy atom. The van der Waals surface area contributed by atoms with Crippen LogP contribution in [-0.2, 0) is 16.1 Å². The summed E-state index contributed by atoms with van der Waals surface area (Å²) in [6.45, 7) is 0.524. The summed E-state index contributed by atoms with van der Waals surface area (Å²) in [5.74, 6) is 0. The summed E-state index contributed by atoms with van der Waals surface area (Å²) in [6, 6.07) is 10.3. The second-order valence-electron chi connectivity index (χ2n) is 4.73. The quantitative estimate of drug-likeness (QED) is 0.649. The summed E-state index contributed by atoms with van der Waals surface area (Å²) in [5, 5.41) is 4.67. The first-order valence-corrected chi connectivity index (χ1v) is 8.20. The summed E-state index contributed by atoms with van der Waals surface area (Å²) >= 11 is 24.1. The average molecular weight is 393 g/mol. The molecule has 0 heterocycles. The van der Waals surface area contributed by atoms with Gasteiger partial charge < -0.3 is 10.1 Å². The highest BCUT2D eigenvalue weighted by molar-refractivity contribution is 6.35. The highest BCUT2D eigenvalue weighted by Gasteiger charge is 2.16. The lowest BCUT2D eigenvalue weighted by atomic mass is 10.1.